The van der Waals surface area contributed by atoms with Crippen LogP contribution in [0.15, 0.2) is 12.1 Å². The Morgan fingerprint density at radius 2 is 1.44 bits per heavy atom. The van der Waals surface area contributed by atoms with E-state index in [1.165, 1.54) is 6.92 Å². The van der Waals surface area contributed by atoms with Gasteiger partial charge in [0.2, 0.25) is 5.91 Å². The molecule has 0 bridgehead atoms. The van der Waals surface area contributed by atoms with E-state index in [1.807, 2.05) is 5.32 Å². The molecule has 27 heavy (non-hydrogen) atoms. The van der Waals surface area contributed by atoms with Crippen molar-refractivity contribution < 1.29 is 41.8 Å². The van der Waals surface area contributed by atoms with Gasteiger partial charge in [0.1, 0.15) is 29.1 Å². The van der Waals surface area contributed by atoms with E-state index in [1.54, 1.807) is 0 Å². The fraction of sp³-hybridized carbons (Fsp3) is 0.375. The number of carbonyl (C=O) groups is 4. The number of nitrogens with one attached hydrogen (secondary N) is 1. The minimum absolute atomic E-state index is 0.270. The van der Waals surface area contributed by atoms with E-state index in [2.05, 4.69) is 9.47 Å². The van der Waals surface area contributed by atoms with Crippen LogP contribution in [0.2, 0.25) is 0 Å². The highest BCUT2D eigenvalue weighted by atomic mass is 19.1. The fourth-order valence-electron chi connectivity index (χ4n) is 2.41. The summed E-state index contributed by atoms with van der Waals surface area (Å²) in [6.07, 6.45) is 0. The number of ether oxygens (including phenoxy) is 2. The summed E-state index contributed by atoms with van der Waals surface area (Å²) in [5.41, 5.74) is 4.02. The topological polar surface area (TPSA) is 125 Å². The lowest BCUT2D eigenvalue weighted by Crippen LogP contribution is -2.53. The summed E-state index contributed by atoms with van der Waals surface area (Å²) >= 11 is 0. The van der Waals surface area contributed by atoms with E-state index >= 15 is 0 Å². The van der Waals surface area contributed by atoms with Gasteiger partial charge in [0.05, 0.1) is 14.2 Å². The number of esters is 2. The smallest absolute Gasteiger partial charge is 0.320 e. The van der Waals surface area contributed by atoms with Crippen molar-refractivity contribution in [3.05, 3.63) is 35.1 Å². The first-order valence-electron chi connectivity index (χ1n) is 7.45. The molecule has 8 nitrogen and oxygen atoms in total. The van der Waals surface area contributed by atoms with Crippen molar-refractivity contribution in [3.8, 4) is 0 Å². The molecule has 0 saturated carbocycles. The van der Waals surface area contributed by atoms with Crippen molar-refractivity contribution in [3.63, 3.8) is 0 Å². The van der Waals surface area contributed by atoms with Gasteiger partial charge in [0.25, 0.3) is 5.91 Å². The Kier molecular flexibility index (Phi) is 7.32. The van der Waals surface area contributed by atoms with Crippen LogP contribution in [0.5, 0.6) is 0 Å². The van der Waals surface area contributed by atoms with Crippen LogP contribution >= 0.6 is 0 Å². The monoisotopic (exact) mass is 390 g/mol. The maximum Gasteiger partial charge on any atom is 0.320 e. The lowest BCUT2D eigenvalue weighted by Gasteiger charge is -2.26. The molecule has 1 rings (SSSR count). The predicted octanol–water partition coefficient (Wildman–Crippen LogP) is 0.286. The minimum atomic E-state index is -1.70. The van der Waals surface area contributed by atoms with Crippen LogP contribution in [-0.4, -0.2) is 44.0 Å². The normalized spacial score (nSPS) is 12.9. The third-order valence-electron chi connectivity index (χ3n) is 3.79. The lowest BCUT2D eigenvalue weighted by atomic mass is 9.86. The first-order chi connectivity index (χ1) is 12.5. The van der Waals surface area contributed by atoms with Gasteiger partial charge >= 0.3 is 11.9 Å². The lowest BCUT2D eigenvalue weighted by molar-refractivity contribution is -0.161. The van der Waals surface area contributed by atoms with E-state index in [-0.39, 0.29) is 12.1 Å². The van der Waals surface area contributed by atoms with E-state index < -0.39 is 64.6 Å². The third kappa shape index (κ3) is 4.96. The van der Waals surface area contributed by atoms with Crippen molar-refractivity contribution in [1.82, 2.24) is 5.32 Å². The molecule has 1 aromatic rings. The molecule has 3 N–H and O–H groups in total. The Balaban J connectivity index is 3.22. The van der Waals surface area contributed by atoms with Crippen molar-refractivity contribution in [2.45, 2.75) is 13.0 Å². The van der Waals surface area contributed by atoms with Crippen LogP contribution in [-0.2, 0) is 23.9 Å². The number of hydrogen-bond acceptors (Lipinski definition) is 6. The zero-order valence-corrected chi connectivity index (χ0v) is 14.5. The molecule has 0 saturated heterocycles. The number of primary amides is 1. The number of carbonyl (C=O) groups excluding carboxylic acids is 4. The predicted molar refractivity (Wildman–Crippen MR) is 83.5 cm³/mol. The van der Waals surface area contributed by atoms with Gasteiger partial charge in [0.15, 0.2) is 5.92 Å². The van der Waals surface area contributed by atoms with Gasteiger partial charge in [-0.15, -0.1) is 0 Å². The molecule has 0 radical (unpaired) electrons. The van der Waals surface area contributed by atoms with Crippen molar-refractivity contribution >= 4 is 23.8 Å². The van der Waals surface area contributed by atoms with Crippen molar-refractivity contribution in [2.75, 3.05) is 14.2 Å². The summed E-state index contributed by atoms with van der Waals surface area (Å²) in [5, 5.41) is 1.94. The summed E-state index contributed by atoms with van der Waals surface area (Å²) in [6, 6.07) is -1.16. The van der Waals surface area contributed by atoms with E-state index in [0.717, 1.165) is 14.2 Å². The number of benzene rings is 1. The summed E-state index contributed by atoms with van der Waals surface area (Å²) in [7, 11) is 1.96. The summed E-state index contributed by atoms with van der Waals surface area (Å²) in [5.74, 6) is -12.0. The molecule has 0 heterocycles. The van der Waals surface area contributed by atoms with Crippen LogP contribution in [0.3, 0.4) is 0 Å². The number of amides is 2. The zero-order chi connectivity index (χ0) is 20.9. The number of nitrogens with two attached hydrogens (primary N) is 1. The van der Waals surface area contributed by atoms with Crippen LogP contribution in [0, 0.1) is 29.3 Å². The molecular formula is C16H17F3N2O6. The van der Waals surface area contributed by atoms with Gasteiger partial charge < -0.3 is 20.5 Å². The van der Waals surface area contributed by atoms with Gasteiger partial charge in [-0.1, -0.05) is 6.92 Å². The summed E-state index contributed by atoms with van der Waals surface area (Å²) < 4.78 is 49.4. The molecule has 1 aromatic carbocycles. The highest BCUT2D eigenvalue weighted by molar-refractivity contribution is 5.99. The quantitative estimate of drug-likeness (QED) is 0.509. The number of methoxy groups -OCH3 is 2. The third-order valence-corrected chi connectivity index (χ3v) is 3.79. The molecule has 0 unspecified atom stereocenters. The molecule has 2 atom stereocenters. The van der Waals surface area contributed by atoms with Crippen LogP contribution < -0.4 is 11.1 Å². The molecule has 0 aliphatic heterocycles. The number of hydrogen-bond donors (Lipinski definition) is 2. The fourth-order valence-corrected chi connectivity index (χ4v) is 2.41. The molecule has 11 heteroatoms. The first-order valence-corrected chi connectivity index (χ1v) is 7.45. The standard InChI is InChI=1S/C16H17F3N2O6/c1-6(10(15(24)26-2)16(25)27-3)12(13(20)22)21-14(23)11-8(18)4-7(17)5-9(11)19/h4-6,10,12H,1-3H3,(H2,20,22)(H,21,23)/t6-,12-/m1/s1. The molecule has 0 aromatic heterocycles. The zero-order valence-electron chi connectivity index (χ0n) is 14.5. The second kappa shape index (κ2) is 9.01. The molecular weight excluding hydrogens is 373 g/mol. The van der Waals surface area contributed by atoms with Crippen molar-refractivity contribution in [1.29, 1.82) is 0 Å². The second-order valence-corrected chi connectivity index (χ2v) is 5.48. The van der Waals surface area contributed by atoms with Gasteiger partial charge in [-0.3, -0.25) is 19.2 Å². The average Bonchev–Trinajstić information content (AvgIpc) is 2.57. The average molecular weight is 390 g/mol. The minimum Gasteiger partial charge on any atom is -0.468 e. The Hall–Kier alpha value is -3.11. The molecule has 0 aliphatic rings. The summed E-state index contributed by atoms with van der Waals surface area (Å²) in [4.78, 5) is 47.5. The van der Waals surface area contributed by atoms with E-state index in [0.29, 0.717) is 0 Å². The van der Waals surface area contributed by atoms with Crippen LogP contribution in [0.1, 0.15) is 17.3 Å². The van der Waals surface area contributed by atoms with Crippen molar-refractivity contribution in [2.24, 2.45) is 17.6 Å². The Bertz CT molecular complexity index is 732. The number of halogens is 3. The second-order valence-electron chi connectivity index (χ2n) is 5.48. The summed E-state index contributed by atoms with van der Waals surface area (Å²) in [6.45, 7) is 1.20. The largest absolute Gasteiger partial charge is 0.468 e. The van der Waals surface area contributed by atoms with Gasteiger partial charge in [-0.25, -0.2) is 13.2 Å². The van der Waals surface area contributed by atoms with Crippen LogP contribution in [0.25, 0.3) is 0 Å². The molecule has 0 spiro atoms. The van der Waals surface area contributed by atoms with Gasteiger partial charge in [-0.2, -0.15) is 0 Å². The van der Waals surface area contributed by atoms with Gasteiger partial charge in [-0.05, 0) is 0 Å². The maximum absolute atomic E-state index is 13.7. The molecule has 148 valence electrons. The number of rotatable bonds is 7. The molecule has 2 amide bonds. The van der Waals surface area contributed by atoms with Crippen LogP contribution in [0.4, 0.5) is 13.2 Å². The van der Waals surface area contributed by atoms with E-state index in [9.17, 15) is 32.3 Å². The molecule has 0 aliphatic carbocycles. The Morgan fingerprint density at radius 1 is 1.00 bits per heavy atom. The van der Waals surface area contributed by atoms with E-state index in [4.69, 9.17) is 5.73 Å². The SMILES string of the molecule is COC(=O)C(C(=O)OC)[C@@H](C)[C@@H](NC(=O)c1c(F)cc(F)cc1F)C(N)=O. The Morgan fingerprint density at radius 3 is 1.81 bits per heavy atom. The van der Waals surface area contributed by atoms with Gasteiger partial charge in [0, 0.05) is 18.1 Å². The molecule has 0 fully saturated rings. The maximum atomic E-state index is 13.7. The first kappa shape index (κ1) is 21.9. The highest BCUT2D eigenvalue weighted by Gasteiger charge is 2.41. The highest BCUT2D eigenvalue weighted by Crippen LogP contribution is 2.21. The Labute approximate surface area is 151 Å².